The van der Waals surface area contributed by atoms with Gasteiger partial charge >= 0.3 is 0 Å². The quantitative estimate of drug-likeness (QED) is 0.691. The summed E-state index contributed by atoms with van der Waals surface area (Å²) in [6, 6.07) is 4.58. The lowest BCUT2D eigenvalue weighted by Gasteiger charge is -2.06. The highest BCUT2D eigenvalue weighted by Gasteiger charge is 2.12. The van der Waals surface area contributed by atoms with Gasteiger partial charge in [0, 0.05) is 10.6 Å². The molecule has 0 aliphatic rings. The number of hydrogen-bond acceptors (Lipinski definition) is 5. The monoisotopic (exact) mass is 391 g/mol. The highest BCUT2D eigenvalue weighted by Crippen LogP contribution is 2.26. The molecule has 0 atom stereocenters. The maximum Gasteiger partial charge on any atom is 0.259 e. The maximum atomic E-state index is 13.5. The number of H-pyrrole nitrogens is 1. The van der Waals surface area contributed by atoms with E-state index in [1.807, 2.05) is 13.8 Å². The number of aromatic nitrogens is 2. The summed E-state index contributed by atoms with van der Waals surface area (Å²) in [6.07, 6.45) is 0. The van der Waals surface area contributed by atoms with Crippen LogP contribution in [0.4, 0.5) is 10.1 Å². The summed E-state index contributed by atoms with van der Waals surface area (Å²) >= 11 is 2.83. The van der Waals surface area contributed by atoms with E-state index in [9.17, 15) is 14.0 Å². The number of anilines is 1. The van der Waals surface area contributed by atoms with E-state index >= 15 is 0 Å². The van der Waals surface area contributed by atoms with Crippen molar-refractivity contribution < 1.29 is 9.18 Å². The Hall–Kier alpha value is -2.19. The number of rotatable bonds is 5. The number of hydrogen-bond donors (Lipinski definition) is 2. The molecular formula is C18H18FN3O2S2. The van der Waals surface area contributed by atoms with Crippen molar-refractivity contribution in [2.75, 3.05) is 11.1 Å². The van der Waals surface area contributed by atoms with Gasteiger partial charge in [0.05, 0.1) is 16.9 Å². The number of fused-ring (bicyclic) bond motifs is 1. The topological polar surface area (TPSA) is 74.8 Å². The van der Waals surface area contributed by atoms with Crippen LogP contribution in [-0.4, -0.2) is 21.6 Å². The van der Waals surface area contributed by atoms with Crippen LogP contribution in [0.1, 0.15) is 21.8 Å². The third-order valence-electron chi connectivity index (χ3n) is 4.02. The van der Waals surface area contributed by atoms with Gasteiger partial charge in [-0.1, -0.05) is 6.07 Å². The van der Waals surface area contributed by atoms with Crippen molar-refractivity contribution in [1.82, 2.24) is 9.97 Å². The van der Waals surface area contributed by atoms with Gasteiger partial charge in [0.1, 0.15) is 16.5 Å². The van der Waals surface area contributed by atoms with Crippen LogP contribution in [0.25, 0.3) is 10.2 Å². The number of nitrogens with one attached hydrogen (secondary N) is 2. The number of halogens is 1. The smallest absolute Gasteiger partial charge is 0.259 e. The fraction of sp³-hybridized carbons (Fsp3) is 0.278. The molecule has 0 aliphatic heterocycles. The van der Waals surface area contributed by atoms with Gasteiger partial charge in [0.15, 0.2) is 0 Å². The van der Waals surface area contributed by atoms with Gasteiger partial charge in [-0.2, -0.15) is 0 Å². The zero-order chi connectivity index (χ0) is 18.8. The van der Waals surface area contributed by atoms with Crippen molar-refractivity contribution in [2.45, 2.75) is 26.5 Å². The molecule has 2 heterocycles. The number of aromatic amines is 1. The van der Waals surface area contributed by atoms with Crippen LogP contribution in [0, 0.1) is 26.6 Å². The largest absolute Gasteiger partial charge is 0.325 e. The zero-order valence-electron chi connectivity index (χ0n) is 14.6. The molecule has 0 aliphatic carbocycles. The van der Waals surface area contributed by atoms with Crippen molar-refractivity contribution in [3.8, 4) is 0 Å². The summed E-state index contributed by atoms with van der Waals surface area (Å²) in [6.45, 7) is 5.55. The standard InChI is InChI=1S/C18H18FN3O2S2/c1-9-4-5-12(6-13(9)19)20-15(23)8-25-7-14-21-17(24)16-10(2)11(3)26-18(16)22-14/h4-6H,7-8H2,1-3H3,(H,20,23)(H,21,22,24). The highest BCUT2D eigenvalue weighted by atomic mass is 32.2. The van der Waals surface area contributed by atoms with E-state index in [1.165, 1.54) is 29.2 Å². The molecular weight excluding hydrogens is 373 g/mol. The number of nitrogens with zero attached hydrogens (tertiary/aromatic N) is 1. The number of amides is 1. The highest BCUT2D eigenvalue weighted by molar-refractivity contribution is 7.99. The molecule has 0 saturated heterocycles. The zero-order valence-corrected chi connectivity index (χ0v) is 16.2. The fourth-order valence-corrected chi connectivity index (χ4v) is 4.21. The summed E-state index contributed by atoms with van der Waals surface area (Å²) < 4.78 is 13.5. The van der Waals surface area contributed by atoms with Crippen molar-refractivity contribution >= 4 is 44.9 Å². The molecule has 2 N–H and O–H groups in total. The van der Waals surface area contributed by atoms with E-state index in [2.05, 4.69) is 15.3 Å². The van der Waals surface area contributed by atoms with Crippen molar-refractivity contribution in [3.05, 3.63) is 56.2 Å². The van der Waals surface area contributed by atoms with Crippen LogP contribution in [0.5, 0.6) is 0 Å². The summed E-state index contributed by atoms with van der Waals surface area (Å²) in [7, 11) is 0. The molecule has 26 heavy (non-hydrogen) atoms. The second-order valence-electron chi connectivity index (χ2n) is 5.98. The average Bonchev–Trinajstić information content (AvgIpc) is 2.86. The molecule has 2 aromatic heterocycles. The van der Waals surface area contributed by atoms with Crippen LogP contribution < -0.4 is 10.9 Å². The Morgan fingerprint density at radius 1 is 1.35 bits per heavy atom. The summed E-state index contributed by atoms with van der Waals surface area (Å²) in [5.74, 6) is 0.552. The Morgan fingerprint density at radius 2 is 2.12 bits per heavy atom. The minimum Gasteiger partial charge on any atom is -0.325 e. The predicted molar refractivity (Wildman–Crippen MR) is 106 cm³/mol. The third kappa shape index (κ3) is 3.96. The Morgan fingerprint density at radius 3 is 2.85 bits per heavy atom. The Balaban J connectivity index is 1.60. The van der Waals surface area contributed by atoms with Crippen LogP contribution in [0.2, 0.25) is 0 Å². The molecule has 0 bridgehead atoms. The first kappa shape index (κ1) is 18.6. The second kappa shape index (κ2) is 7.59. The number of benzene rings is 1. The Labute approximate surface area is 158 Å². The van der Waals surface area contributed by atoms with Gasteiger partial charge < -0.3 is 10.3 Å². The minimum atomic E-state index is -0.355. The molecule has 5 nitrogen and oxygen atoms in total. The number of aryl methyl sites for hydroxylation is 3. The number of thioether (sulfide) groups is 1. The van der Waals surface area contributed by atoms with Crippen LogP contribution >= 0.6 is 23.1 Å². The summed E-state index contributed by atoms with van der Waals surface area (Å²) in [5, 5.41) is 3.30. The van der Waals surface area contributed by atoms with Crippen LogP contribution in [0.15, 0.2) is 23.0 Å². The predicted octanol–water partition coefficient (Wildman–Crippen LogP) is 3.92. The molecule has 1 amide bonds. The lowest BCUT2D eigenvalue weighted by Crippen LogP contribution is -2.15. The van der Waals surface area contributed by atoms with E-state index in [0.717, 1.165) is 15.3 Å². The number of thiophene rings is 1. The molecule has 0 saturated carbocycles. The average molecular weight is 391 g/mol. The van der Waals surface area contributed by atoms with E-state index in [4.69, 9.17) is 0 Å². The third-order valence-corrected chi connectivity index (χ3v) is 6.06. The minimum absolute atomic E-state index is 0.146. The van der Waals surface area contributed by atoms with Gasteiger partial charge in [0.2, 0.25) is 5.91 Å². The van der Waals surface area contributed by atoms with Crippen LogP contribution in [0.3, 0.4) is 0 Å². The van der Waals surface area contributed by atoms with Gasteiger partial charge in [-0.3, -0.25) is 9.59 Å². The lowest BCUT2D eigenvalue weighted by atomic mass is 10.2. The lowest BCUT2D eigenvalue weighted by molar-refractivity contribution is -0.113. The number of carbonyl (C=O) groups is 1. The Kier molecular flexibility index (Phi) is 5.43. The van der Waals surface area contributed by atoms with Crippen LogP contribution in [-0.2, 0) is 10.5 Å². The molecule has 1 aromatic carbocycles. The molecule has 0 spiro atoms. The van der Waals surface area contributed by atoms with Gasteiger partial charge in [0.25, 0.3) is 5.56 Å². The van der Waals surface area contributed by atoms with Gasteiger partial charge in [-0.15, -0.1) is 23.1 Å². The van der Waals surface area contributed by atoms with Crippen molar-refractivity contribution in [2.24, 2.45) is 0 Å². The van der Waals surface area contributed by atoms with E-state index in [1.54, 1.807) is 19.1 Å². The normalized spacial score (nSPS) is 11.1. The van der Waals surface area contributed by atoms with Crippen molar-refractivity contribution in [1.29, 1.82) is 0 Å². The molecule has 0 radical (unpaired) electrons. The number of carbonyl (C=O) groups excluding carboxylic acids is 1. The van der Waals surface area contributed by atoms with E-state index < -0.39 is 0 Å². The first-order chi connectivity index (χ1) is 12.3. The van der Waals surface area contributed by atoms with E-state index in [-0.39, 0.29) is 23.0 Å². The van der Waals surface area contributed by atoms with E-state index in [0.29, 0.717) is 28.2 Å². The molecule has 0 unspecified atom stereocenters. The first-order valence-corrected chi connectivity index (χ1v) is 9.95. The first-order valence-electron chi connectivity index (χ1n) is 7.98. The van der Waals surface area contributed by atoms with Gasteiger partial charge in [-0.25, -0.2) is 9.37 Å². The maximum absolute atomic E-state index is 13.5. The molecule has 3 rings (SSSR count). The SMILES string of the molecule is Cc1ccc(NC(=O)CSCc2nc3sc(C)c(C)c3c(=O)[nH]2)cc1F. The molecule has 136 valence electrons. The second-order valence-corrected chi connectivity index (χ2v) is 8.17. The molecule has 8 heteroatoms. The summed E-state index contributed by atoms with van der Waals surface area (Å²) in [4.78, 5) is 33.3. The molecule has 0 fully saturated rings. The fourth-order valence-electron chi connectivity index (χ4n) is 2.48. The van der Waals surface area contributed by atoms with Gasteiger partial charge in [-0.05, 0) is 44.0 Å². The molecule has 3 aromatic rings. The Bertz CT molecular complexity index is 1040. The summed E-state index contributed by atoms with van der Waals surface area (Å²) in [5.41, 5.74) is 1.77. The van der Waals surface area contributed by atoms with Crippen molar-refractivity contribution in [3.63, 3.8) is 0 Å².